The third-order valence-corrected chi connectivity index (χ3v) is 5.99. The first-order chi connectivity index (χ1) is 15.6. The molecule has 1 N–H and O–H groups in total. The third kappa shape index (κ3) is 4.57. The maximum absolute atomic E-state index is 13.4. The van der Waals surface area contributed by atoms with E-state index in [0.717, 1.165) is 0 Å². The Balaban J connectivity index is 1.77. The van der Waals surface area contributed by atoms with Gasteiger partial charge in [-0.1, -0.05) is 12.1 Å². The number of aliphatic hydroxyl groups excluding tert-OH is 1. The zero-order valence-electron chi connectivity index (χ0n) is 18.2. The molecule has 32 heavy (non-hydrogen) atoms. The Morgan fingerprint density at radius 1 is 1.25 bits per heavy atom. The highest BCUT2D eigenvalue weighted by Gasteiger charge is 2.40. The van der Waals surface area contributed by atoms with Crippen molar-refractivity contribution in [1.82, 2.24) is 4.90 Å². The minimum absolute atomic E-state index is 0.0116. The van der Waals surface area contributed by atoms with Gasteiger partial charge in [-0.3, -0.25) is 9.59 Å². The molecule has 2 aliphatic heterocycles. The van der Waals surface area contributed by atoms with Gasteiger partial charge in [0, 0.05) is 43.7 Å². The van der Waals surface area contributed by atoms with Crippen LogP contribution in [0.5, 0.6) is 0 Å². The maximum atomic E-state index is 13.4. The van der Waals surface area contributed by atoms with Crippen molar-refractivity contribution in [2.24, 2.45) is 5.92 Å². The van der Waals surface area contributed by atoms with E-state index >= 15 is 0 Å². The normalized spacial score (nSPS) is 23.6. The van der Waals surface area contributed by atoms with E-state index in [9.17, 15) is 14.7 Å². The van der Waals surface area contributed by atoms with E-state index in [1.165, 1.54) is 6.26 Å². The predicted molar refractivity (Wildman–Crippen MR) is 117 cm³/mol. The van der Waals surface area contributed by atoms with Crippen molar-refractivity contribution in [3.8, 4) is 0 Å². The molecule has 2 aromatic rings. The molecule has 2 aliphatic rings. The number of rotatable bonds is 7. The van der Waals surface area contributed by atoms with Gasteiger partial charge < -0.3 is 28.6 Å². The number of morpholine rings is 1. The van der Waals surface area contributed by atoms with Crippen LogP contribution >= 0.6 is 0 Å². The van der Waals surface area contributed by atoms with Crippen LogP contribution in [0.15, 0.2) is 51.6 Å². The Morgan fingerprint density at radius 2 is 2.03 bits per heavy atom. The highest BCUT2D eigenvalue weighted by molar-refractivity contribution is 5.92. The summed E-state index contributed by atoms with van der Waals surface area (Å²) in [7, 11) is 0. The summed E-state index contributed by atoms with van der Waals surface area (Å²) < 4.78 is 23.0. The van der Waals surface area contributed by atoms with Gasteiger partial charge in [0.2, 0.25) is 6.29 Å². The zero-order valence-corrected chi connectivity index (χ0v) is 18.2. The molecule has 0 bridgehead atoms. The van der Waals surface area contributed by atoms with Crippen LogP contribution in [0.1, 0.15) is 31.2 Å². The third-order valence-electron chi connectivity index (χ3n) is 5.99. The molecule has 1 saturated heterocycles. The first-order valence-corrected chi connectivity index (χ1v) is 11.1. The van der Waals surface area contributed by atoms with Crippen molar-refractivity contribution < 1.29 is 28.5 Å². The zero-order chi connectivity index (χ0) is 22.5. The molecule has 0 unspecified atom stereocenters. The smallest absolute Gasteiger partial charge is 0.288 e. The Labute approximate surface area is 186 Å². The van der Waals surface area contributed by atoms with Crippen molar-refractivity contribution in [3.05, 3.63) is 58.2 Å². The second-order valence-corrected chi connectivity index (χ2v) is 7.95. The number of allylic oxidation sites excluding steroid dienone is 1. The average molecular weight is 443 g/mol. The molecule has 3 atom stereocenters. The number of carbonyl (C=O) groups is 1. The van der Waals surface area contributed by atoms with E-state index in [2.05, 4.69) is 0 Å². The summed E-state index contributed by atoms with van der Waals surface area (Å²) in [6.07, 6.45) is 3.56. The lowest BCUT2D eigenvalue weighted by molar-refractivity contribution is -0.171. The number of benzene rings is 1. The summed E-state index contributed by atoms with van der Waals surface area (Å²) in [4.78, 5) is 28.2. The summed E-state index contributed by atoms with van der Waals surface area (Å²) in [5, 5.41) is 9.91. The molecule has 0 spiro atoms. The lowest BCUT2D eigenvalue weighted by Gasteiger charge is -2.38. The molecule has 3 heterocycles. The van der Waals surface area contributed by atoms with Gasteiger partial charge >= 0.3 is 0 Å². The van der Waals surface area contributed by atoms with Crippen LogP contribution in [0, 0.1) is 5.92 Å². The van der Waals surface area contributed by atoms with Gasteiger partial charge in [0.25, 0.3) is 5.91 Å². The van der Waals surface area contributed by atoms with Crippen LogP contribution in [0.3, 0.4) is 0 Å². The van der Waals surface area contributed by atoms with Crippen molar-refractivity contribution in [2.45, 2.75) is 32.0 Å². The van der Waals surface area contributed by atoms with Crippen molar-refractivity contribution in [2.75, 3.05) is 39.5 Å². The molecule has 172 valence electrons. The summed E-state index contributed by atoms with van der Waals surface area (Å²) in [5.74, 6) is -0.781. The molecule has 1 fully saturated rings. The molecular weight excluding hydrogens is 414 g/mol. The highest BCUT2D eigenvalue weighted by Crippen LogP contribution is 2.39. The number of para-hydroxylation sites is 1. The number of hydrogen-bond donors (Lipinski definition) is 1. The van der Waals surface area contributed by atoms with Crippen LogP contribution in [0.2, 0.25) is 0 Å². The SMILES string of the molecule is CCO[C@H]1OC(C(=O)N2CCOCC2)=C[C@@H](c2coc3ccccc3c2=O)[C@@H]1CCCO. The lowest BCUT2D eigenvalue weighted by atomic mass is 9.81. The second-order valence-electron chi connectivity index (χ2n) is 7.95. The lowest BCUT2D eigenvalue weighted by Crippen LogP contribution is -2.45. The number of fused-ring (bicyclic) bond motifs is 1. The van der Waals surface area contributed by atoms with Crippen LogP contribution in [-0.4, -0.2) is 61.7 Å². The fraction of sp³-hybridized carbons (Fsp3) is 0.500. The fourth-order valence-corrected chi connectivity index (χ4v) is 4.36. The van der Waals surface area contributed by atoms with E-state index in [0.29, 0.717) is 62.3 Å². The van der Waals surface area contributed by atoms with Gasteiger partial charge in [-0.25, -0.2) is 0 Å². The molecule has 1 amide bonds. The van der Waals surface area contributed by atoms with Gasteiger partial charge in [-0.15, -0.1) is 0 Å². The van der Waals surface area contributed by atoms with Crippen molar-refractivity contribution in [1.29, 1.82) is 0 Å². The van der Waals surface area contributed by atoms with Gasteiger partial charge in [-0.05, 0) is 38.0 Å². The predicted octanol–water partition coefficient (Wildman–Crippen LogP) is 2.40. The van der Waals surface area contributed by atoms with Gasteiger partial charge in [0.1, 0.15) is 5.58 Å². The minimum atomic E-state index is -0.715. The molecule has 8 heteroatoms. The molecular formula is C24H29NO7. The van der Waals surface area contributed by atoms with Gasteiger partial charge in [-0.2, -0.15) is 0 Å². The summed E-state index contributed by atoms with van der Waals surface area (Å²) in [6.45, 7) is 4.17. The van der Waals surface area contributed by atoms with Crippen molar-refractivity contribution >= 4 is 16.9 Å². The van der Waals surface area contributed by atoms with E-state index in [-0.39, 0.29) is 29.6 Å². The fourth-order valence-electron chi connectivity index (χ4n) is 4.36. The topological polar surface area (TPSA) is 98.4 Å². The van der Waals surface area contributed by atoms with E-state index in [1.807, 2.05) is 13.0 Å². The molecule has 1 aromatic carbocycles. The first kappa shape index (κ1) is 22.5. The largest absolute Gasteiger partial charge is 0.464 e. The number of aliphatic hydroxyl groups is 1. The molecule has 0 aliphatic carbocycles. The quantitative estimate of drug-likeness (QED) is 0.702. The van der Waals surface area contributed by atoms with E-state index < -0.39 is 12.2 Å². The van der Waals surface area contributed by atoms with E-state index in [1.54, 1.807) is 29.2 Å². The maximum Gasteiger partial charge on any atom is 0.288 e. The van der Waals surface area contributed by atoms with Gasteiger partial charge in [0.15, 0.2) is 11.2 Å². The second kappa shape index (κ2) is 10.3. The Kier molecular flexibility index (Phi) is 7.24. The number of nitrogens with zero attached hydrogens (tertiary/aromatic N) is 1. The number of ether oxygens (including phenoxy) is 3. The Hall–Kier alpha value is -2.68. The standard InChI is InChI=1S/C24H29NO7/c1-2-30-24-16(7-5-11-26)18(14-21(32-24)23(28)25-9-12-29-13-10-25)19-15-31-20-8-4-3-6-17(20)22(19)27/h3-4,6,8,14-16,18,24,26H,2,5,7,9-13H2,1H3/t16-,18+,24-/m0/s1. The molecule has 8 nitrogen and oxygen atoms in total. The minimum Gasteiger partial charge on any atom is -0.464 e. The number of hydrogen-bond acceptors (Lipinski definition) is 7. The average Bonchev–Trinajstić information content (AvgIpc) is 2.83. The van der Waals surface area contributed by atoms with Crippen LogP contribution < -0.4 is 5.43 Å². The monoisotopic (exact) mass is 443 g/mol. The molecule has 0 saturated carbocycles. The molecule has 1 aromatic heterocycles. The van der Waals surface area contributed by atoms with Crippen LogP contribution in [0.25, 0.3) is 11.0 Å². The summed E-state index contributed by atoms with van der Waals surface area (Å²) in [5.41, 5.74) is 0.819. The summed E-state index contributed by atoms with van der Waals surface area (Å²) >= 11 is 0. The molecule has 4 rings (SSSR count). The number of amides is 1. The highest BCUT2D eigenvalue weighted by atomic mass is 16.7. The van der Waals surface area contributed by atoms with Crippen LogP contribution in [-0.2, 0) is 19.0 Å². The summed E-state index contributed by atoms with van der Waals surface area (Å²) in [6, 6.07) is 7.09. The van der Waals surface area contributed by atoms with E-state index in [4.69, 9.17) is 18.6 Å². The first-order valence-electron chi connectivity index (χ1n) is 11.1. The Morgan fingerprint density at radius 3 is 2.78 bits per heavy atom. The van der Waals surface area contributed by atoms with Gasteiger partial charge in [0.05, 0.1) is 24.9 Å². The van der Waals surface area contributed by atoms with Crippen LogP contribution in [0.4, 0.5) is 0 Å². The molecule has 0 radical (unpaired) electrons. The number of carbonyl (C=O) groups excluding carboxylic acids is 1. The Bertz CT molecular complexity index is 1020. The van der Waals surface area contributed by atoms with Crippen molar-refractivity contribution in [3.63, 3.8) is 0 Å².